The van der Waals surface area contributed by atoms with Gasteiger partial charge in [0, 0.05) is 0 Å². The largest absolute Gasteiger partial charge is 0.283 e. The highest BCUT2D eigenvalue weighted by Crippen LogP contribution is 2.31. The second-order valence-electron chi connectivity index (χ2n) is 4.89. The van der Waals surface area contributed by atoms with Crippen molar-refractivity contribution in [1.82, 2.24) is 0 Å². The molecule has 0 aliphatic carbocycles. The molecule has 0 atom stereocenters. The number of hydrogen-bond acceptors (Lipinski definition) is 3. The van der Waals surface area contributed by atoms with Crippen molar-refractivity contribution in [1.29, 1.82) is 0 Å². The number of hydrogen-bond donors (Lipinski definition) is 0. The molecular weight excluding hydrogens is 370 g/mol. The van der Waals surface area contributed by atoms with E-state index in [-0.39, 0.29) is 11.4 Å². The van der Waals surface area contributed by atoms with Crippen LogP contribution in [0.1, 0.15) is 5.56 Å². The number of anilines is 1. The summed E-state index contributed by atoms with van der Waals surface area (Å²) in [6.45, 7) is 0. The first-order valence-corrected chi connectivity index (χ1v) is 8.87. The van der Waals surface area contributed by atoms with E-state index in [0.717, 1.165) is 0 Å². The van der Waals surface area contributed by atoms with Gasteiger partial charge >= 0.3 is 0 Å². The summed E-state index contributed by atoms with van der Waals surface area (Å²) in [6.07, 6.45) is 3.38. The molecule has 0 unspecified atom stereocenters. The standard InChI is InChI=1S/C17H11Cl2FN2OS/c1-24-17-21-14(9-10-6-7-11(18)12(19)8-10)16(23)22(17)15-5-3-2-4-13(15)20/h2-9H,1H3. The highest BCUT2D eigenvalue weighted by molar-refractivity contribution is 8.13. The summed E-state index contributed by atoms with van der Waals surface area (Å²) in [4.78, 5) is 18.3. The highest BCUT2D eigenvalue weighted by atomic mass is 35.5. The Balaban J connectivity index is 2.01. The number of carbonyl (C=O) groups is 1. The number of amidine groups is 1. The molecule has 0 N–H and O–H groups in total. The lowest BCUT2D eigenvalue weighted by Crippen LogP contribution is -2.30. The van der Waals surface area contributed by atoms with Gasteiger partial charge in [-0.25, -0.2) is 9.38 Å². The monoisotopic (exact) mass is 380 g/mol. The second kappa shape index (κ2) is 6.97. The number of halogens is 3. The number of para-hydroxylation sites is 1. The summed E-state index contributed by atoms with van der Waals surface area (Å²) in [5, 5.41) is 1.23. The SMILES string of the molecule is CSC1=NC(=Cc2ccc(Cl)c(Cl)c2)C(=O)N1c1ccccc1F. The van der Waals surface area contributed by atoms with Crippen LogP contribution in [-0.4, -0.2) is 17.3 Å². The van der Waals surface area contributed by atoms with Gasteiger partial charge in [0.05, 0.1) is 15.7 Å². The van der Waals surface area contributed by atoms with Crippen LogP contribution in [0, 0.1) is 5.82 Å². The lowest BCUT2D eigenvalue weighted by Gasteiger charge is -2.17. The van der Waals surface area contributed by atoms with Crippen LogP contribution in [0.15, 0.2) is 53.2 Å². The summed E-state index contributed by atoms with van der Waals surface area (Å²) in [5.74, 6) is -0.876. The number of benzene rings is 2. The quantitative estimate of drug-likeness (QED) is 0.667. The summed E-state index contributed by atoms with van der Waals surface area (Å²) >= 11 is 13.2. The minimum Gasteiger partial charge on any atom is -0.266 e. The van der Waals surface area contributed by atoms with Gasteiger partial charge in [-0.15, -0.1) is 0 Å². The molecule has 1 aliphatic heterocycles. The smallest absolute Gasteiger partial charge is 0.266 e. The van der Waals surface area contributed by atoms with Crippen molar-refractivity contribution in [3.05, 3.63) is 69.6 Å². The molecule has 7 heteroatoms. The van der Waals surface area contributed by atoms with Gasteiger partial charge in [0.15, 0.2) is 5.17 Å². The van der Waals surface area contributed by atoms with E-state index in [1.165, 1.54) is 22.7 Å². The maximum absolute atomic E-state index is 14.1. The maximum Gasteiger partial charge on any atom is 0.283 e. The summed E-state index contributed by atoms with van der Waals surface area (Å²) in [7, 11) is 0. The first-order valence-electron chi connectivity index (χ1n) is 6.89. The third kappa shape index (κ3) is 3.20. The number of carbonyl (C=O) groups excluding carboxylic acids is 1. The zero-order valence-electron chi connectivity index (χ0n) is 12.5. The number of amides is 1. The Morgan fingerprint density at radius 3 is 2.58 bits per heavy atom. The molecule has 122 valence electrons. The molecular formula is C17H11Cl2FN2OS. The maximum atomic E-state index is 14.1. The van der Waals surface area contributed by atoms with E-state index in [4.69, 9.17) is 23.2 Å². The Bertz CT molecular complexity index is 883. The van der Waals surface area contributed by atoms with Crippen molar-refractivity contribution in [3.8, 4) is 0 Å². The van der Waals surface area contributed by atoms with Crippen molar-refractivity contribution < 1.29 is 9.18 Å². The minimum atomic E-state index is -0.483. The zero-order chi connectivity index (χ0) is 17.3. The molecule has 0 spiro atoms. The molecule has 0 bridgehead atoms. The molecule has 3 nitrogen and oxygen atoms in total. The molecule has 1 heterocycles. The summed E-state index contributed by atoms with van der Waals surface area (Å²) < 4.78 is 14.1. The average Bonchev–Trinajstić information content (AvgIpc) is 2.87. The van der Waals surface area contributed by atoms with Crippen LogP contribution < -0.4 is 4.90 Å². The van der Waals surface area contributed by atoms with E-state index < -0.39 is 11.7 Å². The normalized spacial score (nSPS) is 16.0. The van der Waals surface area contributed by atoms with Gasteiger partial charge in [0.2, 0.25) is 0 Å². The van der Waals surface area contributed by atoms with Crippen LogP contribution in [0.4, 0.5) is 10.1 Å². The second-order valence-corrected chi connectivity index (χ2v) is 6.48. The van der Waals surface area contributed by atoms with E-state index in [0.29, 0.717) is 20.8 Å². The Morgan fingerprint density at radius 1 is 1.17 bits per heavy atom. The van der Waals surface area contributed by atoms with Crippen molar-refractivity contribution in [2.45, 2.75) is 0 Å². The summed E-state index contributed by atoms with van der Waals surface area (Å²) in [5.41, 5.74) is 1.07. The summed E-state index contributed by atoms with van der Waals surface area (Å²) in [6, 6.07) is 11.1. The number of thioether (sulfide) groups is 1. The highest BCUT2D eigenvalue weighted by Gasteiger charge is 2.32. The van der Waals surface area contributed by atoms with Gasteiger partial charge in [-0.2, -0.15) is 0 Å². The molecule has 0 radical (unpaired) electrons. The average molecular weight is 381 g/mol. The fourth-order valence-corrected chi connectivity index (χ4v) is 3.10. The van der Waals surface area contributed by atoms with Crippen LogP contribution in [0.5, 0.6) is 0 Å². The van der Waals surface area contributed by atoms with Crippen LogP contribution in [0.2, 0.25) is 10.0 Å². The topological polar surface area (TPSA) is 32.7 Å². The molecule has 24 heavy (non-hydrogen) atoms. The molecule has 0 fully saturated rings. The molecule has 0 aromatic heterocycles. The van der Waals surface area contributed by atoms with Crippen LogP contribution in [-0.2, 0) is 4.79 Å². The van der Waals surface area contributed by atoms with E-state index in [9.17, 15) is 9.18 Å². The zero-order valence-corrected chi connectivity index (χ0v) is 14.8. The van der Waals surface area contributed by atoms with Gasteiger partial charge in [0.1, 0.15) is 11.5 Å². The van der Waals surface area contributed by atoms with Gasteiger partial charge in [0.25, 0.3) is 5.91 Å². The fourth-order valence-electron chi connectivity index (χ4n) is 2.24. The van der Waals surface area contributed by atoms with Crippen LogP contribution in [0.25, 0.3) is 6.08 Å². The number of aliphatic imine (C=N–C) groups is 1. The molecule has 1 amide bonds. The number of nitrogens with zero attached hydrogens (tertiary/aromatic N) is 2. The van der Waals surface area contributed by atoms with Gasteiger partial charge in [-0.3, -0.25) is 9.69 Å². The van der Waals surface area contributed by atoms with Crippen molar-refractivity contribution >= 4 is 57.8 Å². The lowest BCUT2D eigenvalue weighted by molar-refractivity contribution is -0.113. The van der Waals surface area contributed by atoms with Crippen LogP contribution in [0.3, 0.4) is 0 Å². The lowest BCUT2D eigenvalue weighted by atomic mass is 10.2. The predicted molar refractivity (Wildman–Crippen MR) is 99.3 cm³/mol. The molecule has 2 aromatic rings. The van der Waals surface area contributed by atoms with Crippen molar-refractivity contribution in [2.24, 2.45) is 4.99 Å². The predicted octanol–water partition coefficient (Wildman–Crippen LogP) is 5.24. The van der Waals surface area contributed by atoms with Crippen molar-refractivity contribution in [2.75, 3.05) is 11.2 Å². The Morgan fingerprint density at radius 2 is 1.92 bits per heavy atom. The first kappa shape index (κ1) is 17.0. The van der Waals surface area contributed by atoms with Gasteiger partial charge < -0.3 is 0 Å². The Labute approximate surface area is 152 Å². The third-order valence-electron chi connectivity index (χ3n) is 3.35. The van der Waals surface area contributed by atoms with Crippen molar-refractivity contribution in [3.63, 3.8) is 0 Å². The molecule has 0 saturated heterocycles. The Kier molecular flexibility index (Phi) is 4.94. The van der Waals surface area contributed by atoms with Gasteiger partial charge in [-0.05, 0) is 42.2 Å². The minimum absolute atomic E-state index is 0.174. The van der Waals surface area contributed by atoms with E-state index in [2.05, 4.69) is 4.99 Å². The Hall–Kier alpha value is -1.82. The van der Waals surface area contributed by atoms with Crippen LogP contribution >= 0.6 is 35.0 Å². The molecule has 3 rings (SSSR count). The molecule has 1 aliphatic rings. The van der Waals surface area contributed by atoms with E-state index in [1.807, 2.05) is 0 Å². The van der Waals surface area contributed by atoms with E-state index >= 15 is 0 Å². The van der Waals surface area contributed by atoms with E-state index in [1.54, 1.807) is 48.7 Å². The first-order chi connectivity index (χ1) is 11.5. The third-order valence-corrected chi connectivity index (χ3v) is 4.73. The molecule has 0 saturated carbocycles. The van der Waals surface area contributed by atoms with Gasteiger partial charge in [-0.1, -0.05) is 53.2 Å². The molecule has 2 aromatic carbocycles. The fraction of sp³-hybridized carbons (Fsp3) is 0.0588. The number of rotatable bonds is 2.